The number of rotatable bonds is 4. The lowest BCUT2D eigenvalue weighted by Crippen LogP contribution is -1.92. The maximum absolute atomic E-state index is 5.96. The van der Waals surface area contributed by atoms with Crippen molar-refractivity contribution >= 4 is 33.2 Å². The van der Waals surface area contributed by atoms with E-state index >= 15 is 0 Å². The fraction of sp³-hybridized carbons (Fsp3) is 0.308. The first kappa shape index (κ1) is 13.3. The minimum atomic E-state index is 0.194. The highest BCUT2D eigenvalue weighted by atomic mass is 35.5. The molecule has 0 saturated heterocycles. The number of aryl methyl sites for hydroxylation is 2. The van der Waals surface area contributed by atoms with E-state index in [-0.39, 0.29) is 5.28 Å². The van der Waals surface area contributed by atoms with Crippen LogP contribution in [0, 0.1) is 0 Å². The quantitative estimate of drug-likeness (QED) is 0.686. The minimum Gasteiger partial charge on any atom is -0.435 e. The number of hydrogen-bond donors (Lipinski definition) is 0. The molecule has 0 N–H and O–H groups in total. The molecule has 0 unspecified atom stereocenters. The molecule has 7 heteroatoms. The zero-order valence-corrected chi connectivity index (χ0v) is 12.7. The second-order valence-corrected chi connectivity index (χ2v) is 5.67. The molecule has 3 aromatic rings. The van der Waals surface area contributed by atoms with E-state index in [1.165, 1.54) is 4.88 Å². The molecule has 0 saturated carbocycles. The molecule has 0 fully saturated rings. The molecule has 3 aromatic heterocycles. The molecule has 5 nitrogen and oxygen atoms in total. The first-order valence-corrected chi connectivity index (χ1v) is 7.55. The van der Waals surface area contributed by atoms with Gasteiger partial charge in [0.15, 0.2) is 5.75 Å². The molecule has 0 aliphatic carbocycles. The van der Waals surface area contributed by atoms with Gasteiger partial charge in [0.05, 0.1) is 17.8 Å². The van der Waals surface area contributed by atoms with E-state index in [4.69, 9.17) is 16.3 Å². The lowest BCUT2D eigenvalue weighted by Gasteiger charge is -2.03. The molecule has 104 valence electrons. The Morgan fingerprint density at radius 2 is 2.20 bits per heavy atom. The monoisotopic (exact) mass is 308 g/mol. The van der Waals surface area contributed by atoms with E-state index in [1.54, 1.807) is 22.2 Å². The molecule has 0 aromatic carbocycles. The van der Waals surface area contributed by atoms with Gasteiger partial charge in [-0.15, -0.1) is 11.3 Å². The molecule has 3 heterocycles. The summed E-state index contributed by atoms with van der Waals surface area (Å²) in [5.74, 6) is 1.12. The number of nitrogens with zero attached hydrogens (tertiary/aromatic N) is 4. The molecule has 0 bridgehead atoms. The fourth-order valence-electron chi connectivity index (χ4n) is 1.85. The average Bonchev–Trinajstić information content (AvgIpc) is 3.04. The van der Waals surface area contributed by atoms with Gasteiger partial charge in [0.2, 0.25) is 11.2 Å². The van der Waals surface area contributed by atoms with Crippen LogP contribution >= 0.6 is 22.9 Å². The molecule has 0 atom stereocenters. The van der Waals surface area contributed by atoms with Crippen LogP contribution in [-0.4, -0.2) is 19.7 Å². The summed E-state index contributed by atoms with van der Waals surface area (Å²) in [6.07, 6.45) is 4.44. The van der Waals surface area contributed by atoms with Gasteiger partial charge in [-0.25, -0.2) is 4.98 Å². The lowest BCUT2D eigenvalue weighted by molar-refractivity contribution is 0.467. The molecule has 0 radical (unpaired) electrons. The third kappa shape index (κ3) is 2.48. The fourth-order valence-corrected chi connectivity index (χ4v) is 3.02. The van der Waals surface area contributed by atoms with E-state index < -0.39 is 0 Å². The highest BCUT2D eigenvalue weighted by Gasteiger charge is 2.13. The Bertz CT molecular complexity index is 752. The van der Waals surface area contributed by atoms with E-state index in [1.807, 2.05) is 13.1 Å². The number of ether oxygens (including phenoxy) is 1. The highest BCUT2D eigenvalue weighted by Crippen LogP contribution is 2.33. The number of halogens is 1. The maximum Gasteiger partial charge on any atom is 0.232 e. The van der Waals surface area contributed by atoms with Gasteiger partial charge in [0.1, 0.15) is 4.83 Å². The molecule has 3 rings (SSSR count). The second-order valence-electron chi connectivity index (χ2n) is 4.22. The van der Waals surface area contributed by atoms with Crippen molar-refractivity contribution in [2.45, 2.75) is 26.8 Å². The largest absolute Gasteiger partial charge is 0.435 e. The summed E-state index contributed by atoms with van der Waals surface area (Å²) in [6.45, 7) is 4.91. The predicted octanol–water partition coefficient (Wildman–Crippen LogP) is 3.92. The summed E-state index contributed by atoms with van der Waals surface area (Å²) in [6, 6.07) is 2.05. The smallest absolute Gasteiger partial charge is 0.232 e. The van der Waals surface area contributed by atoms with Crippen LogP contribution in [0.2, 0.25) is 5.28 Å². The number of aromatic nitrogens is 4. The van der Waals surface area contributed by atoms with Crippen LogP contribution in [0.15, 0.2) is 18.5 Å². The third-order valence-electron chi connectivity index (χ3n) is 2.88. The Kier molecular flexibility index (Phi) is 3.58. The van der Waals surface area contributed by atoms with Crippen molar-refractivity contribution in [3.8, 4) is 11.6 Å². The van der Waals surface area contributed by atoms with Crippen molar-refractivity contribution in [1.29, 1.82) is 0 Å². The van der Waals surface area contributed by atoms with E-state index in [9.17, 15) is 0 Å². The maximum atomic E-state index is 5.96. The van der Waals surface area contributed by atoms with Gasteiger partial charge in [-0.3, -0.25) is 4.68 Å². The number of hydrogen-bond acceptors (Lipinski definition) is 5. The highest BCUT2D eigenvalue weighted by molar-refractivity contribution is 7.18. The summed E-state index contributed by atoms with van der Waals surface area (Å²) in [4.78, 5) is 10.5. The van der Waals surface area contributed by atoms with E-state index in [2.05, 4.69) is 28.1 Å². The van der Waals surface area contributed by atoms with Crippen molar-refractivity contribution in [1.82, 2.24) is 19.7 Å². The van der Waals surface area contributed by atoms with Crippen molar-refractivity contribution in [2.75, 3.05) is 0 Å². The second kappa shape index (κ2) is 5.38. The van der Waals surface area contributed by atoms with Gasteiger partial charge in [-0.1, -0.05) is 6.92 Å². The topological polar surface area (TPSA) is 52.8 Å². The van der Waals surface area contributed by atoms with Crippen LogP contribution in [0.4, 0.5) is 0 Å². The normalized spacial score (nSPS) is 11.2. The van der Waals surface area contributed by atoms with Crippen LogP contribution < -0.4 is 4.74 Å². The summed E-state index contributed by atoms with van der Waals surface area (Å²) in [5.41, 5.74) is 0. The summed E-state index contributed by atoms with van der Waals surface area (Å²) >= 11 is 7.57. The minimum absolute atomic E-state index is 0.194. The molecular formula is C13H13ClN4OS. The summed E-state index contributed by atoms with van der Waals surface area (Å²) in [7, 11) is 0. The van der Waals surface area contributed by atoms with Crippen LogP contribution in [0.1, 0.15) is 18.7 Å². The van der Waals surface area contributed by atoms with Gasteiger partial charge in [-0.05, 0) is 31.0 Å². The van der Waals surface area contributed by atoms with Gasteiger partial charge in [-0.2, -0.15) is 10.1 Å². The zero-order valence-electron chi connectivity index (χ0n) is 11.1. The molecule has 0 amide bonds. The Labute approximate surface area is 125 Å². The van der Waals surface area contributed by atoms with Crippen LogP contribution in [0.5, 0.6) is 11.6 Å². The Morgan fingerprint density at radius 3 is 2.90 bits per heavy atom. The van der Waals surface area contributed by atoms with Gasteiger partial charge in [0.25, 0.3) is 0 Å². The van der Waals surface area contributed by atoms with Crippen molar-refractivity contribution in [3.63, 3.8) is 0 Å². The number of thiophene rings is 1. The molecule has 0 spiro atoms. The Balaban J connectivity index is 2.03. The predicted molar refractivity (Wildman–Crippen MR) is 79.8 cm³/mol. The van der Waals surface area contributed by atoms with Crippen LogP contribution in [0.25, 0.3) is 10.2 Å². The zero-order chi connectivity index (χ0) is 14.1. The SMILES string of the molecule is CCc1cc2c(Oc3cnn(CC)c3)nc(Cl)nc2s1. The molecule has 0 aliphatic heterocycles. The first-order chi connectivity index (χ1) is 9.69. The van der Waals surface area contributed by atoms with Crippen molar-refractivity contribution < 1.29 is 4.74 Å². The van der Waals surface area contributed by atoms with Gasteiger partial charge >= 0.3 is 0 Å². The molecule has 0 aliphatic rings. The Morgan fingerprint density at radius 1 is 1.35 bits per heavy atom. The summed E-state index contributed by atoms with van der Waals surface area (Å²) in [5, 5.41) is 5.26. The van der Waals surface area contributed by atoms with E-state index in [0.29, 0.717) is 11.6 Å². The van der Waals surface area contributed by atoms with Crippen LogP contribution in [0.3, 0.4) is 0 Å². The van der Waals surface area contributed by atoms with Gasteiger partial charge < -0.3 is 4.74 Å². The molecule has 20 heavy (non-hydrogen) atoms. The first-order valence-electron chi connectivity index (χ1n) is 6.35. The Hall–Kier alpha value is -1.66. The van der Waals surface area contributed by atoms with Gasteiger partial charge in [0, 0.05) is 11.4 Å². The lowest BCUT2D eigenvalue weighted by atomic mass is 10.3. The van der Waals surface area contributed by atoms with Crippen molar-refractivity contribution in [2.24, 2.45) is 0 Å². The molecular weight excluding hydrogens is 296 g/mol. The van der Waals surface area contributed by atoms with Crippen molar-refractivity contribution in [3.05, 3.63) is 28.6 Å². The third-order valence-corrected chi connectivity index (χ3v) is 4.22. The average molecular weight is 309 g/mol. The summed E-state index contributed by atoms with van der Waals surface area (Å²) < 4.78 is 7.59. The van der Waals surface area contributed by atoms with E-state index in [0.717, 1.165) is 23.2 Å². The van der Waals surface area contributed by atoms with Crippen LogP contribution in [-0.2, 0) is 13.0 Å². The number of fused-ring (bicyclic) bond motifs is 1. The standard InChI is InChI=1S/C13H13ClN4OS/c1-3-9-5-10-11(16-13(14)17-12(10)20-9)19-8-6-15-18(4-2)7-8/h5-7H,3-4H2,1-2H3.